The number of nitrogens with zero attached hydrogens (tertiary/aromatic N) is 1. The van der Waals surface area contributed by atoms with Crippen molar-refractivity contribution in [1.82, 2.24) is 5.32 Å². The van der Waals surface area contributed by atoms with Crippen LogP contribution in [0.1, 0.15) is 31.9 Å². The van der Waals surface area contributed by atoms with Crippen LogP contribution in [0.2, 0.25) is 0 Å². The lowest BCUT2D eigenvalue weighted by atomic mass is 9.89. The molecule has 2 N–H and O–H groups in total. The second kappa shape index (κ2) is 5.95. The van der Waals surface area contributed by atoms with Crippen molar-refractivity contribution in [3.05, 3.63) is 35.9 Å². The van der Waals surface area contributed by atoms with Gasteiger partial charge >= 0.3 is 5.97 Å². The molecule has 0 bridgehead atoms. The molecule has 3 rings (SSSR count). The molecule has 5 heteroatoms. The van der Waals surface area contributed by atoms with E-state index in [1.54, 1.807) is 6.92 Å². The van der Waals surface area contributed by atoms with E-state index in [0.717, 1.165) is 5.56 Å². The van der Waals surface area contributed by atoms with Crippen molar-refractivity contribution in [2.45, 2.75) is 38.0 Å². The SMILES string of the molecule is CCOC(=O)[C@H]1C2C1[C@@](C#N)(N[C@H](C)c1ccccc1)C[C@@H]2O. The standard InChI is InChI=1S/C18H22N2O3/c1-3-23-17(22)15-14-13(21)9-18(10-19,16(14)15)20-11(2)12-7-5-4-6-8-12/h4-8,11,13-16,20-21H,3,9H2,1-2H3/t11-,13+,14?,15+,16?,18-/m1/s1. The highest BCUT2D eigenvalue weighted by molar-refractivity contribution is 5.78. The summed E-state index contributed by atoms with van der Waals surface area (Å²) in [4.78, 5) is 12.1. The van der Waals surface area contributed by atoms with Crippen molar-refractivity contribution >= 4 is 5.97 Å². The average Bonchev–Trinajstić information content (AvgIpc) is 3.25. The number of benzene rings is 1. The van der Waals surface area contributed by atoms with Gasteiger partial charge in [0.15, 0.2) is 0 Å². The maximum atomic E-state index is 12.1. The van der Waals surface area contributed by atoms with Gasteiger partial charge < -0.3 is 9.84 Å². The number of esters is 1. The molecule has 1 aromatic rings. The van der Waals surface area contributed by atoms with Crippen LogP contribution in [0.5, 0.6) is 0 Å². The highest BCUT2D eigenvalue weighted by Crippen LogP contribution is 2.62. The third-order valence-electron chi connectivity index (χ3n) is 5.15. The van der Waals surface area contributed by atoms with E-state index < -0.39 is 11.6 Å². The summed E-state index contributed by atoms with van der Waals surface area (Å²) in [5, 5.41) is 23.4. The lowest BCUT2D eigenvalue weighted by Crippen LogP contribution is -2.48. The first-order chi connectivity index (χ1) is 11.0. The van der Waals surface area contributed by atoms with E-state index in [9.17, 15) is 15.2 Å². The Labute approximate surface area is 136 Å². The van der Waals surface area contributed by atoms with Crippen molar-refractivity contribution in [2.75, 3.05) is 6.61 Å². The van der Waals surface area contributed by atoms with E-state index in [2.05, 4.69) is 11.4 Å². The molecule has 122 valence electrons. The van der Waals surface area contributed by atoms with Crippen LogP contribution in [0, 0.1) is 29.1 Å². The van der Waals surface area contributed by atoms with Crippen LogP contribution in [0.15, 0.2) is 30.3 Å². The van der Waals surface area contributed by atoms with Crippen LogP contribution in [-0.4, -0.2) is 29.3 Å². The summed E-state index contributed by atoms with van der Waals surface area (Å²) in [7, 11) is 0. The zero-order valence-electron chi connectivity index (χ0n) is 13.4. The smallest absolute Gasteiger partial charge is 0.309 e. The van der Waals surface area contributed by atoms with Crippen molar-refractivity contribution in [1.29, 1.82) is 5.26 Å². The molecule has 6 atom stereocenters. The van der Waals surface area contributed by atoms with Gasteiger partial charge in [0.2, 0.25) is 0 Å². The molecule has 23 heavy (non-hydrogen) atoms. The van der Waals surface area contributed by atoms with Gasteiger partial charge in [-0.2, -0.15) is 5.26 Å². The third-order valence-corrected chi connectivity index (χ3v) is 5.15. The molecule has 2 unspecified atom stereocenters. The third kappa shape index (κ3) is 2.62. The van der Waals surface area contributed by atoms with Crippen molar-refractivity contribution in [3.63, 3.8) is 0 Å². The quantitative estimate of drug-likeness (QED) is 0.810. The number of aliphatic hydroxyl groups is 1. The molecule has 0 radical (unpaired) electrons. The number of carbonyl (C=O) groups excluding carboxylic acids is 1. The minimum Gasteiger partial charge on any atom is -0.466 e. The molecular weight excluding hydrogens is 292 g/mol. The fourth-order valence-corrected chi connectivity index (χ4v) is 4.11. The Morgan fingerprint density at radius 2 is 2.22 bits per heavy atom. The summed E-state index contributed by atoms with van der Waals surface area (Å²) in [6.45, 7) is 4.08. The molecule has 0 heterocycles. The number of hydrogen-bond donors (Lipinski definition) is 2. The first-order valence-electron chi connectivity index (χ1n) is 8.12. The van der Waals surface area contributed by atoms with Crippen LogP contribution >= 0.6 is 0 Å². The number of rotatable bonds is 5. The zero-order chi connectivity index (χ0) is 16.6. The number of hydrogen-bond acceptors (Lipinski definition) is 5. The Balaban J connectivity index is 1.79. The number of carbonyl (C=O) groups is 1. The molecule has 0 aromatic heterocycles. The Kier molecular flexibility index (Phi) is 4.13. The first kappa shape index (κ1) is 16.0. The van der Waals surface area contributed by atoms with E-state index in [0.29, 0.717) is 13.0 Å². The fourth-order valence-electron chi connectivity index (χ4n) is 4.11. The van der Waals surface area contributed by atoms with Gasteiger partial charge in [-0.15, -0.1) is 0 Å². The Morgan fingerprint density at radius 3 is 2.83 bits per heavy atom. The van der Waals surface area contributed by atoms with Crippen molar-refractivity contribution < 1.29 is 14.6 Å². The summed E-state index contributed by atoms with van der Waals surface area (Å²) in [6, 6.07) is 12.2. The molecule has 1 aromatic carbocycles. The van der Waals surface area contributed by atoms with Crippen LogP contribution in [0.25, 0.3) is 0 Å². The van der Waals surface area contributed by atoms with E-state index >= 15 is 0 Å². The van der Waals surface area contributed by atoms with E-state index in [1.165, 1.54) is 0 Å². The highest BCUT2D eigenvalue weighted by atomic mass is 16.5. The van der Waals surface area contributed by atoms with Crippen LogP contribution in [0.4, 0.5) is 0 Å². The van der Waals surface area contributed by atoms with Gasteiger partial charge in [-0.25, -0.2) is 0 Å². The molecule has 2 aliphatic rings. The fraction of sp³-hybridized carbons (Fsp3) is 0.556. The van der Waals surface area contributed by atoms with Crippen LogP contribution in [-0.2, 0) is 9.53 Å². The first-order valence-corrected chi connectivity index (χ1v) is 8.12. The molecule has 0 saturated heterocycles. The van der Waals surface area contributed by atoms with Gasteiger partial charge in [-0.05, 0) is 19.4 Å². The lowest BCUT2D eigenvalue weighted by Gasteiger charge is -2.30. The summed E-state index contributed by atoms with van der Waals surface area (Å²) < 4.78 is 5.09. The normalized spacial score (nSPS) is 35.9. The van der Waals surface area contributed by atoms with Gasteiger partial charge in [0.1, 0.15) is 5.54 Å². The molecular formula is C18H22N2O3. The minimum absolute atomic E-state index is 0.0368. The number of nitrogens with one attached hydrogen (secondary N) is 1. The Bertz CT molecular complexity index is 627. The number of nitriles is 1. The molecule has 2 aliphatic carbocycles. The van der Waals surface area contributed by atoms with Crippen LogP contribution in [0.3, 0.4) is 0 Å². The highest BCUT2D eigenvalue weighted by Gasteiger charge is 2.73. The number of fused-ring (bicyclic) bond motifs is 1. The summed E-state index contributed by atoms with van der Waals surface area (Å²) >= 11 is 0. The van der Waals surface area contributed by atoms with Gasteiger partial charge in [-0.1, -0.05) is 30.3 Å². The molecule has 0 spiro atoms. The maximum Gasteiger partial charge on any atom is 0.309 e. The van der Waals surface area contributed by atoms with E-state index in [-0.39, 0.29) is 29.8 Å². The van der Waals surface area contributed by atoms with Gasteiger partial charge in [0.25, 0.3) is 0 Å². The molecule has 0 amide bonds. The molecule has 5 nitrogen and oxygen atoms in total. The average molecular weight is 314 g/mol. The zero-order valence-corrected chi connectivity index (χ0v) is 13.4. The maximum absolute atomic E-state index is 12.1. The van der Waals surface area contributed by atoms with Crippen molar-refractivity contribution in [3.8, 4) is 6.07 Å². The topological polar surface area (TPSA) is 82.4 Å². The summed E-state index contributed by atoms with van der Waals surface area (Å²) in [5.74, 6) is -0.999. The summed E-state index contributed by atoms with van der Waals surface area (Å²) in [6.07, 6.45) is -0.282. The Hall–Kier alpha value is -1.90. The predicted molar refractivity (Wildman–Crippen MR) is 84.1 cm³/mol. The van der Waals surface area contributed by atoms with Gasteiger partial charge in [0.05, 0.1) is 24.7 Å². The lowest BCUT2D eigenvalue weighted by molar-refractivity contribution is -0.146. The van der Waals surface area contributed by atoms with E-state index in [4.69, 9.17) is 4.74 Å². The second-order valence-electron chi connectivity index (χ2n) is 6.51. The van der Waals surface area contributed by atoms with Gasteiger partial charge in [-0.3, -0.25) is 10.1 Å². The number of aliphatic hydroxyl groups excluding tert-OH is 1. The number of ether oxygens (including phenoxy) is 1. The predicted octanol–water partition coefficient (Wildman–Crippen LogP) is 1.79. The Morgan fingerprint density at radius 1 is 1.52 bits per heavy atom. The minimum atomic E-state index is -0.878. The van der Waals surface area contributed by atoms with E-state index in [1.807, 2.05) is 37.3 Å². The second-order valence-corrected chi connectivity index (χ2v) is 6.51. The monoisotopic (exact) mass is 314 g/mol. The largest absolute Gasteiger partial charge is 0.466 e. The molecule has 2 saturated carbocycles. The van der Waals surface area contributed by atoms with Crippen LogP contribution < -0.4 is 5.32 Å². The summed E-state index contributed by atoms with van der Waals surface area (Å²) in [5.41, 5.74) is 0.199. The van der Waals surface area contributed by atoms with Gasteiger partial charge in [0, 0.05) is 24.3 Å². The molecule has 0 aliphatic heterocycles. The van der Waals surface area contributed by atoms with Crippen molar-refractivity contribution in [2.24, 2.45) is 17.8 Å². The molecule has 2 fully saturated rings.